The molecular weight excluding hydrogens is 372 g/mol. The Morgan fingerprint density at radius 2 is 1.64 bits per heavy atom. The molecule has 0 bridgehead atoms. The molecule has 0 radical (unpaired) electrons. The van der Waals surface area contributed by atoms with Crippen LogP contribution in [-0.4, -0.2) is 77.3 Å². The van der Waals surface area contributed by atoms with Crippen LogP contribution in [0.2, 0.25) is 0 Å². The van der Waals surface area contributed by atoms with Gasteiger partial charge in [-0.1, -0.05) is 29.8 Å². The second-order valence-corrected chi connectivity index (χ2v) is 8.42. The van der Waals surface area contributed by atoms with E-state index in [2.05, 4.69) is 28.9 Å². The monoisotopic (exact) mass is 398 g/mol. The number of thiazole rings is 1. The van der Waals surface area contributed by atoms with E-state index < -0.39 is 0 Å². The largest absolute Gasteiger partial charge is 0.342 e. The minimum absolute atomic E-state index is 0.0138. The van der Waals surface area contributed by atoms with E-state index in [1.807, 2.05) is 27.3 Å². The molecule has 0 saturated carbocycles. The number of benzene rings is 1. The normalized spacial score (nSPS) is 17.9. The van der Waals surface area contributed by atoms with Gasteiger partial charge in [0.05, 0.1) is 6.54 Å². The second kappa shape index (κ2) is 8.41. The van der Waals surface area contributed by atoms with E-state index in [-0.39, 0.29) is 11.8 Å². The zero-order valence-electron chi connectivity index (χ0n) is 16.3. The molecule has 28 heavy (non-hydrogen) atoms. The Kier molecular flexibility index (Phi) is 5.73. The number of likely N-dealkylation sites (tertiary alicyclic amines) is 1. The molecule has 0 atom stereocenters. The molecule has 0 aliphatic carbocycles. The molecule has 3 heterocycles. The average molecular weight is 399 g/mol. The van der Waals surface area contributed by atoms with Crippen LogP contribution in [0.4, 0.5) is 0 Å². The van der Waals surface area contributed by atoms with Crippen LogP contribution in [0.1, 0.15) is 28.9 Å². The van der Waals surface area contributed by atoms with Gasteiger partial charge < -0.3 is 9.80 Å². The summed E-state index contributed by atoms with van der Waals surface area (Å²) in [7, 11) is 0. The Labute approximate surface area is 169 Å². The molecule has 2 aliphatic heterocycles. The lowest BCUT2D eigenvalue weighted by Gasteiger charge is -2.34. The van der Waals surface area contributed by atoms with E-state index in [1.54, 1.807) is 0 Å². The fourth-order valence-corrected chi connectivity index (χ4v) is 4.53. The predicted octanol–water partition coefficient (Wildman–Crippen LogP) is 2.50. The van der Waals surface area contributed by atoms with E-state index in [1.165, 1.54) is 16.9 Å². The summed E-state index contributed by atoms with van der Waals surface area (Å²) >= 11 is 1.50. The molecular formula is C21H26N4O2S. The molecule has 2 aromatic rings. The highest BCUT2D eigenvalue weighted by Gasteiger charge is 2.26. The van der Waals surface area contributed by atoms with Crippen molar-refractivity contribution in [3.8, 4) is 10.6 Å². The molecule has 0 spiro atoms. The Morgan fingerprint density at radius 3 is 2.32 bits per heavy atom. The van der Waals surface area contributed by atoms with Crippen molar-refractivity contribution < 1.29 is 9.59 Å². The van der Waals surface area contributed by atoms with Crippen LogP contribution < -0.4 is 0 Å². The van der Waals surface area contributed by atoms with Crippen molar-refractivity contribution in [2.24, 2.45) is 0 Å². The van der Waals surface area contributed by atoms with E-state index >= 15 is 0 Å². The van der Waals surface area contributed by atoms with Crippen molar-refractivity contribution in [2.75, 3.05) is 45.8 Å². The SMILES string of the molecule is Cc1ccc(-c2nc(C(=O)N3CCN(CC(=O)N4CCCC4)CC3)cs2)cc1. The summed E-state index contributed by atoms with van der Waals surface area (Å²) in [5.74, 6) is 0.208. The third kappa shape index (κ3) is 4.25. The number of hydrogen-bond donors (Lipinski definition) is 0. The number of carbonyl (C=O) groups is 2. The zero-order valence-corrected chi connectivity index (χ0v) is 17.1. The third-order valence-corrected chi connectivity index (χ3v) is 6.39. The number of aryl methyl sites for hydroxylation is 1. The van der Waals surface area contributed by atoms with Crippen molar-refractivity contribution in [1.82, 2.24) is 19.7 Å². The molecule has 4 rings (SSSR count). The predicted molar refractivity (Wildman–Crippen MR) is 110 cm³/mol. The zero-order chi connectivity index (χ0) is 19.5. The maximum absolute atomic E-state index is 12.8. The number of aromatic nitrogens is 1. The van der Waals surface area contributed by atoms with Crippen molar-refractivity contribution >= 4 is 23.2 Å². The van der Waals surface area contributed by atoms with E-state index in [0.717, 1.165) is 49.6 Å². The lowest BCUT2D eigenvalue weighted by Crippen LogP contribution is -2.51. The van der Waals surface area contributed by atoms with Gasteiger partial charge in [0.15, 0.2) is 0 Å². The third-order valence-electron chi connectivity index (χ3n) is 5.50. The molecule has 0 N–H and O–H groups in total. The van der Waals surface area contributed by atoms with Crippen LogP contribution >= 0.6 is 11.3 Å². The van der Waals surface area contributed by atoms with Crippen LogP contribution in [0.5, 0.6) is 0 Å². The number of piperazine rings is 1. The van der Waals surface area contributed by atoms with Crippen LogP contribution in [-0.2, 0) is 4.79 Å². The summed E-state index contributed by atoms with van der Waals surface area (Å²) in [6, 6.07) is 8.19. The minimum atomic E-state index is -0.0138. The average Bonchev–Trinajstić information content (AvgIpc) is 3.41. The van der Waals surface area contributed by atoms with Gasteiger partial charge in [-0.2, -0.15) is 0 Å². The lowest BCUT2D eigenvalue weighted by molar-refractivity contribution is -0.131. The van der Waals surface area contributed by atoms with Gasteiger partial charge in [0.2, 0.25) is 5.91 Å². The van der Waals surface area contributed by atoms with Gasteiger partial charge in [0.25, 0.3) is 5.91 Å². The fraction of sp³-hybridized carbons (Fsp3) is 0.476. The summed E-state index contributed by atoms with van der Waals surface area (Å²) in [5.41, 5.74) is 2.76. The lowest BCUT2D eigenvalue weighted by atomic mass is 10.2. The number of rotatable bonds is 4. The fourth-order valence-electron chi connectivity index (χ4n) is 3.73. The van der Waals surface area contributed by atoms with Gasteiger partial charge in [-0.15, -0.1) is 11.3 Å². The summed E-state index contributed by atoms with van der Waals surface area (Å²) in [6.45, 7) is 7.07. The summed E-state index contributed by atoms with van der Waals surface area (Å²) < 4.78 is 0. The van der Waals surface area contributed by atoms with Gasteiger partial charge in [0, 0.05) is 50.2 Å². The molecule has 2 aliphatic rings. The van der Waals surface area contributed by atoms with E-state index in [9.17, 15) is 9.59 Å². The van der Waals surface area contributed by atoms with Crippen molar-refractivity contribution in [1.29, 1.82) is 0 Å². The van der Waals surface area contributed by atoms with Crippen molar-refractivity contribution in [3.63, 3.8) is 0 Å². The van der Waals surface area contributed by atoms with Crippen LogP contribution in [0.25, 0.3) is 10.6 Å². The summed E-state index contributed by atoms with van der Waals surface area (Å²) in [5, 5.41) is 2.72. The Hall–Kier alpha value is -2.25. The first-order valence-electron chi connectivity index (χ1n) is 9.92. The molecule has 1 aromatic heterocycles. The Balaban J connectivity index is 1.31. The highest BCUT2D eigenvalue weighted by atomic mass is 32.1. The summed E-state index contributed by atoms with van der Waals surface area (Å²) in [6.07, 6.45) is 2.23. The summed E-state index contributed by atoms with van der Waals surface area (Å²) in [4.78, 5) is 35.6. The number of nitrogens with zero attached hydrogens (tertiary/aromatic N) is 4. The Morgan fingerprint density at radius 1 is 0.964 bits per heavy atom. The molecule has 1 aromatic carbocycles. The number of hydrogen-bond acceptors (Lipinski definition) is 5. The van der Waals surface area contributed by atoms with E-state index in [4.69, 9.17) is 0 Å². The first kappa shape index (κ1) is 19.1. The molecule has 2 fully saturated rings. The van der Waals surface area contributed by atoms with Crippen LogP contribution in [0.3, 0.4) is 0 Å². The number of carbonyl (C=O) groups excluding carboxylic acids is 2. The van der Waals surface area contributed by atoms with Gasteiger partial charge in [-0.3, -0.25) is 14.5 Å². The second-order valence-electron chi connectivity index (χ2n) is 7.56. The highest BCUT2D eigenvalue weighted by Crippen LogP contribution is 2.24. The molecule has 2 saturated heterocycles. The van der Waals surface area contributed by atoms with Gasteiger partial charge in [-0.25, -0.2) is 4.98 Å². The quantitative estimate of drug-likeness (QED) is 0.794. The van der Waals surface area contributed by atoms with Gasteiger partial charge >= 0.3 is 0 Å². The maximum Gasteiger partial charge on any atom is 0.273 e. The first-order valence-corrected chi connectivity index (χ1v) is 10.8. The minimum Gasteiger partial charge on any atom is -0.342 e. The highest BCUT2D eigenvalue weighted by molar-refractivity contribution is 7.13. The van der Waals surface area contributed by atoms with E-state index in [0.29, 0.717) is 25.3 Å². The molecule has 6 nitrogen and oxygen atoms in total. The van der Waals surface area contributed by atoms with Gasteiger partial charge in [-0.05, 0) is 19.8 Å². The Bertz CT molecular complexity index is 834. The first-order chi connectivity index (χ1) is 13.6. The molecule has 7 heteroatoms. The topological polar surface area (TPSA) is 56.8 Å². The van der Waals surface area contributed by atoms with Gasteiger partial charge in [0.1, 0.15) is 10.7 Å². The standard InChI is InChI=1S/C21H26N4O2S/c1-16-4-6-17(7-5-16)20-22-18(15-28-20)21(27)25-12-10-23(11-13-25)14-19(26)24-8-2-3-9-24/h4-7,15H,2-3,8-14H2,1H3. The van der Waals surface area contributed by atoms with Crippen LogP contribution in [0.15, 0.2) is 29.6 Å². The maximum atomic E-state index is 12.8. The molecule has 148 valence electrons. The molecule has 2 amide bonds. The smallest absolute Gasteiger partial charge is 0.273 e. The number of amides is 2. The molecule has 0 unspecified atom stereocenters. The van der Waals surface area contributed by atoms with Crippen molar-refractivity contribution in [2.45, 2.75) is 19.8 Å². The van der Waals surface area contributed by atoms with Crippen molar-refractivity contribution in [3.05, 3.63) is 40.9 Å². The van der Waals surface area contributed by atoms with Crippen LogP contribution in [0, 0.1) is 6.92 Å².